The molecule has 0 spiro atoms. The van der Waals surface area contributed by atoms with Crippen molar-refractivity contribution in [2.24, 2.45) is 5.92 Å². The lowest BCUT2D eigenvalue weighted by atomic mass is 10.0. The van der Waals surface area contributed by atoms with Gasteiger partial charge < -0.3 is 14.5 Å². The third-order valence-electron chi connectivity index (χ3n) is 5.65. The molecule has 1 aromatic carbocycles. The largest absolute Gasteiger partial charge is 0.463 e. The van der Waals surface area contributed by atoms with Crippen molar-refractivity contribution in [1.82, 2.24) is 14.7 Å². The van der Waals surface area contributed by atoms with Gasteiger partial charge in [0.05, 0.1) is 0 Å². The van der Waals surface area contributed by atoms with Crippen molar-refractivity contribution < 1.29 is 9.53 Å². The van der Waals surface area contributed by atoms with E-state index >= 15 is 0 Å². The number of hydrogen-bond acceptors (Lipinski definition) is 5. The summed E-state index contributed by atoms with van der Waals surface area (Å²) in [6.45, 7) is 15.1. The van der Waals surface area contributed by atoms with Crippen molar-refractivity contribution in [3.63, 3.8) is 0 Å². The second-order valence-corrected chi connectivity index (χ2v) is 8.85. The number of carbonyl (C=O) groups is 1. The molecule has 0 radical (unpaired) electrons. The Balaban J connectivity index is 0.000000346. The number of ether oxygens (including phenoxy) is 1. The first-order chi connectivity index (χ1) is 14.3. The zero-order chi connectivity index (χ0) is 22.4. The van der Waals surface area contributed by atoms with E-state index in [1.807, 2.05) is 37.3 Å². The van der Waals surface area contributed by atoms with Gasteiger partial charge in [0.1, 0.15) is 6.61 Å². The Hall–Kier alpha value is -1.69. The molecule has 1 aliphatic heterocycles. The summed E-state index contributed by atoms with van der Waals surface area (Å²) in [4.78, 5) is 17.2. The lowest BCUT2D eigenvalue weighted by Gasteiger charge is -2.36. The smallest absolute Gasteiger partial charge is 0.293 e. The van der Waals surface area contributed by atoms with Crippen LogP contribution in [0.4, 0.5) is 0 Å². The third-order valence-corrected chi connectivity index (χ3v) is 5.65. The first kappa shape index (κ1) is 26.3. The molecule has 1 unspecified atom stereocenters. The second kappa shape index (κ2) is 15.2. The molecule has 0 aliphatic carbocycles. The fraction of sp³-hybridized carbons (Fsp3) is 0.640. The first-order valence-electron chi connectivity index (χ1n) is 11.1. The maximum atomic E-state index is 9.82. The summed E-state index contributed by atoms with van der Waals surface area (Å²) in [6.07, 6.45) is 5.96. The fourth-order valence-corrected chi connectivity index (χ4v) is 3.87. The minimum Gasteiger partial charge on any atom is -0.463 e. The molecule has 1 atom stereocenters. The molecule has 1 fully saturated rings. The Bertz CT molecular complexity index is 581. The Morgan fingerprint density at radius 3 is 2.37 bits per heavy atom. The molecule has 1 saturated heterocycles. The molecule has 5 nitrogen and oxygen atoms in total. The number of aryl methyl sites for hydroxylation is 1. The number of likely N-dealkylation sites (N-methyl/N-ethyl adjacent to an activating group) is 1. The Morgan fingerprint density at radius 1 is 1.20 bits per heavy atom. The molecule has 2 rings (SSSR count). The van der Waals surface area contributed by atoms with Gasteiger partial charge in [-0.1, -0.05) is 42.8 Å². The number of nitrogens with zero attached hydrogens (tertiary/aromatic N) is 3. The molecule has 30 heavy (non-hydrogen) atoms. The van der Waals surface area contributed by atoms with Crippen molar-refractivity contribution in [1.29, 1.82) is 0 Å². The van der Waals surface area contributed by atoms with E-state index < -0.39 is 0 Å². The van der Waals surface area contributed by atoms with Gasteiger partial charge in [-0.3, -0.25) is 9.69 Å². The van der Waals surface area contributed by atoms with Crippen molar-refractivity contribution in [3.8, 4) is 0 Å². The van der Waals surface area contributed by atoms with E-state index in [-0.39, 0.29) is 0 Å². The van der Waals surface area contributed by atoms with Gasteiger partial charge >= 0.3 is 0 Å². The van der Waals surface area contributed by atoms with E-state index in [1.165, 1.54) is 51.0 Å². The quantitative estimate of drug-likeness (QED) is 0.404. The molecule has 0 bridgehead atoms. The average Bonchev–Trinajstić information content (AvgIpc) is 2.72. The minimum absolute atomic E-state index is 0.365. The SMILES string of the molecule is C=CCN(C)C1CCN(CCC(C)CN(C)C)CC1.Cc1ccc(COC=O)cc1. The molecule has 0 amide bonds. The maximum absolute atomic E-state index is 9.82. The van der Waals surface area contributed by atoms with Crippen molar-refractivity contribution in [2.45, 2.75) is 45.8 Å². The zero-order valence-corrected chi connectivity index (χ0v) is 19.8. The summed E-state index contributed by atoms with van der Waals surface area (Å²) in [5, 5.41) is 0. The highest BCUT2D eigenvalue weighted by Gasteiger charge is 2.21. The Morgan fingerprint density at radius 2 is 1.83 bits per heavy atom. The van der Waals surface area contributed by atoms with Gasteiger partial charge in [-0.15, -0.1) is 6.58 Å². The molecule has 0 saturated carbocycles. The van der Waals surface area contributed by atoms with Crippen LogP contribution in [0, 0.1) is 12.8 Å². The number of likely N-dealkylation sites (tertiary alicyclic amines) is 1. The predicted molar refractivity (Wildman–Crippen MR) is 127 cm³/mol. The van der Waals surface area contributed by atoms with E-state index in [1.54, 1.807) is 0 Å². The standard InChI is InChI=1S/C16H33N3.C9H10O2/c1-6-10-18(5)16-8-12-19(13-9-16)11-7-15(2)14-17(3)4;1-8-2-4-9(5-3-8)6-11-7-10/h6,15-16H,1,7-14H2,2-5H3;2-5,7H,6H2,1H3. The summed E-state index contributed by atoms with van der Waals surface area (Å²) < 4.78 is 4.58. The summed E-state index contributed by atoms with van der Waals surface area (Å²) in [7, 11) is 6.55. The lowest BCUT2D eigenvalue weighted by molar-refractivity contribution is -0.129. The number of carbonyl (C=O) groups excluding carboxylic acids is 1. The van der Waals surface area contributed by atoms with Crippen LogP contribution in [0.1, 0.15) is 37.3 Å². The van der Waals surface area contributed by atoms with E-state index in [4.69, 9.17) is 0 Å². The normalized spacial score (nSPS) is 16.1. The summed E-state index contributed by atoms with van der Waals surface area (Å²) >= 11 is 0. The van der Waals surface area contributed by atoms with Gasteiger partial charge in [0, 0.05) is 19.1 Å². The molecule has 1 aromatic rings. The molecular weight excluding hydrogens is 374 g/mol. The van der Waals surface area contributed by atoms with Gasteiger partial charge in [-0.25, -0.2) is 0 Å². The number of benzene rings is 1. The third kappa shape index (κ3) is 11.5. The van der Waals surface area contributed by atoms with Gasteiger partial charge in [0.25, 0.3) is 6.47 Å². The van der Waals surface area contributed by atoms with Crippen LogP contribution in [0.15, 0.2) is 36.9 Å². The number of piperidine rings is 1. The van der Waals surface area contributed by atoms with Crippen molar-refractivity contribution >= 4 is 6.47 Å². The van der Waals surface area contributed by atoms with E-state index in [0.717, 1.165) is 24.1 Å². The van der Waals surface area contributed by atoms with Crippen LogP contribution in [0.5, 0.6) is 0 Å². The van der Waals surface area contributed by atoms with E-state index in [9.17, 15) is 4.79 Å². The second-order valence-electron chi connectivity index (χ2n) is 8.85. The van der Waals surface area contributed by atoms with Crippen LogP contribution < -0.4 is 0 Å². The lowest BCUT2D eigenvalue weighted by Crippen LogP contribution is -2.44. The van der Waals surface area contributed by atoms with E-state index in [2.05, 4.69) is 54.1 Å². The summed E-state index contributed by atoms with van der Waals surface area (Å²) in [5.41, 5.74) is 2.22. The highest BCUT2D eigenvalue weighted by molar-refractivity contribution is 5.37. The van der Waals surface area contributed by atoms with Crippen LogP contribution >= 0.6 is 0 Å². The van der Waals surface area contributed by atoms with Crippen LogP contribution in [0.25, 0.3) is 0 Å². The monoisotopic (exact) mass is 417 g/mol. The molecule has 5 heteroatoms. The summed E-state index contributed by atoms with van der Waals surface area (Å²) in [5.74, 6) is 0.802. The molecule has 0 aromatic heterocycles. The topological polar surface area (TPSA) is 36.0 Å². The van der Waals surface area contributed by atoms with Gasteiger partial charge in [0.15, 0.2) is 0 Å². The molecule has 1 aliphatic rings. The van der Waals surface area contributed by atoms with Gasteiger partial charge in [0.2, 0.25) is 0 Å². The van der Waals surface area contributed by atoms with Crippen LogP contribution in [0.2, 0.25) is 0 Å². The average molecular weight is 418 g/mol. The predicted octanol–water partition coefficient (Wildman–Crippen LogP) is 3.82. The molecular formula is C25H43N3O2. The molecule has 1 heterocycles. The fourth-order valence-electron chi connectivity index (χ4n) is 3.87. The minimum atomic E-state index is 0.365. The molecule has 170 valence electrons. The van der Waals surface area contributed by atoms with Crippen LogP contribution in [-0.4, -0.2) is 81.1 Å². The van der Waals surface area contributed by atoms with Crippen LogP contribution in [0.3, 0.4) is 0 Å². The Labute approximate surface area is 184 Å². The van der Waals surface area contributed by atoms with Crippen LogP contribution in [-0.2, 0) is 16.1 Å². The van der Waals surface area contributed by atoms with Gasteiger partial charge in [-0.2, -0.15) is 0 Å². The summed E-state index contributed by atoms with van der Waals surface area (Å²) in [6, 6.07) is 8.62. The van der Waals surface area contributed by atoms with Crippen molar-refractivity contribution in [3.05, 3.63) is 48.0 Å². The zero-order valence-electron chi connectivity index (χ0n) is 19.8. The number of hydrogen-bond donors (Lipinski definition) is 0. The highest BCUT2D eigenvalue weighted by Crippen LogP contribution is 2.16. The molecule has 0 N–H and O–H groups in total. The maximum Gasteiger partial charge on any atom is 0.293 e. The highest BCUT2D eigenvalue weighted by atomic mass is 16.5. The van der Waals surface area contributed by atoms with E-state index in [0.29, 0.717) is 13.1 Å². The van der Waals surface area contributed by atoms with Gasteiger partial charge in [-0.05, 0) is 78.4 Å². The first-order valence-corrected chi connectivity index (χ1v) is 11.1. The Kier molecular flexibility index (Phi) is 13.3. The number of rotatable bonds is 11. The van der Waals surface area contributed by atoms with Crippen molar-refractivity contribution in [2.75, 3.05) is 53.9 Å².